The van der Waals surface area contributed by atoms with E-state index >= 15 is 0 Å². The molecule has 0 spiro atoms. The van der Waals surface area contributed by atoms with Crippen LogP contribution < -0.4 is 5.73 Å². The standard InChI is InChI=1S/C11H23NO3/c1-3-6-11(9-12,10(13)14)7-5-8-15-4-2/h3-9,12H2,1-2H3,(H,13,14). The SMILES string of the molecule is CCCC(CN)(CCCOCC)C(=O)O. The number of ether oxygens (including phenoxy) is 1. The summed E-state index contributed by atoms with van der Waals surface area (Å²) in [6, 6.07) is 0. The van der Waals surface area contributed by atoms with Gasteiger partial charge < -0.3 is 15.6 Å². The summed E-state index contributed by atoms with van der Waals surface area (Å²) >= 11 is 0. The highest BCUT2D eigenvalue weighted by Crippen LogP contribution is 2.29. The zero-order chi connectivity index (χ0) is 11.7. The number of hydrogen-bond acceptors (Lipinski definition) is 3. The molecule has 0 aliphatic carbocycles. The largest absolute Gasteiger partial charge is 0.481 e. The smallest absolute Gasteiger partial charge is 0.310 e. The van der Waals surface area contributed by atoms with Crippen LogP contribution in [0.1, 0.15) is 39.5 Å². The molecule has 0 aromatic rings. The Labute approximate surface area is 91.8 Å². The van der Waals surface area contributed by atoms with Crippen molar-refractivity contribution in [2.75, 3.05) is 19.8 Å². The fraction of sp³-hybridized carbons (Fsp3) is 0.909. The molecule has 0 heterocycles. The molecule has 15 heavy (non-hydrogen) atoms. The first kappa shape index (κ1) is 14.4. The fourth-order valence-electron chi connectivity index (χ4n) is 1.77. The van der Waals surface area contributed by atoms with Crippen LogP contribution >= 0.6 is 0 Å². The van der Waals surface area contributed by atoms with Gasteiger partial charge in [0.15, 0.2) is 0 Å². The molecular weight excluding hydrogens is 194 g/mol. The lowest BCUT2D eigenvalue weighted by atomic mass is 9.79. The van der Waals surface area contributed by atoms with Gasteiger partial charge in [0.2, 0.25) is 0 Å². The quantitative estimate of drug-likeness (QED) is 0.576. The topological polar surface area (TPSA) is 72.5 Å². The highest BCUT2D eigenvalue weighted by atomic mass is 16.5. The molecule has 0 aliphatic heterocycles. The molecule has 0 aromatic heterocycles. The maximum Gasteiger partial charge on any atom is 0.310 e. The maximum absolute atomic E-state index is 11.2. The van der Waals surface area contributed by atoms with E-state index in [0.717, 1.165) is 12.8 Å². The fourth-order valence-corrected chi connectivity index (χ4v) is 1.77. The summed E-state index contributed by atoms with van der Waals surface area (Å²) in [5, 5.41) is 9.19. The van der Waals surface area contributed by atoms with Gasteiger partial charge in [-0.3, -0.25) is 4.79 Å². The summed E-state index contributed by atoms with van der Waals surface area (Å²) in [5.41, 5.74) is 4.84. The molecule has 0 fully saturated rings. The van der Waals surface area contributed by atoms with E-state index in [0.29, 0.717) is 26.1 Å². The van der Waals surface area contributed by atoms with Gasteiger partial charge in [0.05, 0.1) is 5.41 Å². The Morgan fingerprint density at radius 2 is 2.07 bits per heavy atom. The van der Waals surface area contributed by atoms with Crippen molar-refractivity contribution in [3.8, 4) is 0 Å². The molecule has 4 nitrogen and oxygen atoms in total. The Balaban J connectivity index is 4.16. The highest BCUT2D eigenvalue weighted by Gasteiger charge is 2.35. The van der Waals surface area contributed by atoms with E-state index in [1.807, 2.05) is 13.8 Å². The third kappa shape index (κ3) is 4.62. The second-order valence-corrected chi connectivity index (χ2v) is 3.84. The average Bonchev–Trinajstić information content (AvgIpc) is 2.22. The third-order valence-electron chi connectivity index (χ3n) is 2.72. The Bertz CT molecular complexity index is 185. The van der Waals surface area contributed by atoms with E-state index in [9.17, 15) is 9.90 Å². The number of carboxylic acid groups (broad SMARTS) is 1. The molecule has 0 saturated carbocycles. The lowest BCUT2D eigenvalue weighted by Crippen LogP contribution is -2.38. The van der Waals surface area contributed by atoms with Crippen LogP contribution in [0.4, 0.5) is 0 Å². The summed E-state index contributed by atoms with van der Waals surface area (Å²) in [5.74, 6) is -0.775. The van der Waals surface area contributed by atoms with Crippen LogP contribution in [-0.4, -0.2) is 30.8 Å². The number of carbonyl (C=O) groups is 1. The number of carboxylic acids is 1. The van der Waals surface area contributed by atoms with E-state index in [4.69, 9.17) is 10.5 Å². The van der Waals surface area contributed by atoms with Gasteiger partial charge in [-0.05, 0) is 26.2 Å². The Hall–Kier alpha value is -0.610. The molecule has 90 valence electrons. The predicted molar refractivity (Wildman–Crippen MR) is 59.8 cm³/mol. The van der Waals surface area contributed by atoms with Crippen LogP contribution in [0, 0.1) is 5.41 Å². The van der Waals surface area contributed by atoms with Gasteiger partial charge in [0.1, 0.15) is 0 Å². The van der Waals surface area contributed by atoms with Crippen molar-refractivity contribution in [1.29, 1.82) is 0 Å². The van der Waals surface area contributed by atoms with Crippen LogP contribution in [-0.2, 0) is 9.53 Å². The Kier molecular flexibility index (Phi) is 7.34. The zero-order valence-electron chi connectivity index (χ0n) is 9.79. The lowest BCUT2D eigenvalue weighted by molar-refractivity contribution is -0.149. The average molecular weight is 217 g/mol. The van der Waals surface area contributed by atoms with Gasteiger partial charge in [0, 0.05) is 19.8 Å². The van der Waals surface area contributed by atoms with Crippen molar-refractivity contribution in [2.24, 2.45) is 11.1 Å². The molecule has 0 amide bonds. The molecule has 0 rings (SSSR count). The molecule has 0 aromatic carbocycles. The van der Waals surface area contributed by atoms with Crippen molar-refractivity contribution in [3.63, 3.8) is 0 Å². The van der Waals surface area contributed by atoms with E-state index < -0.39 is 11.4 Å². The molecular formula is C11H23NO3. The highest BCUT2D eigenvalue weighted by molar-refractivity contribution is 5.74. The van der Waals surface area contributed by atoms with Gasteiger partial charge in [-0.15, -0.1) is 0 Å². The van der Waals surface area contributed by atoms with Gasteiger partial charge in [-0.1, -0.05) is 13.3 Å². The first-order valence-corrected chi connectivity index (χ1v) is 5.64. The molecule has 1 atom stereocenters. The van der Waals surface area contributed by atoms with Crippen LogP contribution in [0.15, 0.2) is 0 Å². The van der Waals surface area contributed by atoms with Crippen LogP contribution in [0.2, 0.25) is 0 Å². The Morgan fingerprint density at radius 3 is 2.47 bits per heavy atom. The molecule has 0 bridgehead atoms. The van der Waals surface area contributed by atoms with E-state index in [1.54, 1.807) is 0 Å². The number of rotatable bonds is 9. The minimum Gasteiger partial charge on any atom is -0.481 e. The van der Waals surface area contributed by atoms with Crippen LogP contribution in [0.5, 0.6) is 0 Å². The minimum atomic E-state index is -0.775. The van der Waals surface area contributed by atoms with Crippen molar-refractivity contribution >= 4 is 5.97 Å². The van der Waals surface area contributed by atoms with Crippen molar-refractivity contribution in [1.82, 2.24) is 0 Å². The van der Waals surface area contributed by atoms with Crippen molar-refractivity contribution in [2.45, 2.75) is 39.5 Å². The number of nitrogens with two attached hydrogens (primary N) is 1. The Morgan fingerprint density at radius 1 is 1.40 bits per heavy atom. The number of hydrogen-bond donors (Lipinski definition) is 2. The van der Waals surface area contributed by atoms with Gasteiger partial charge in [0.25, 0.3) is 0 Å². The van der Waals surface area contributed by atoms with Crippen molar-refractivity contribution in [3.05, 3.63) is 0 Å². The van der Waals surface area contributed by atoms with E-state index in [1.165, 1.54) is 0 Å². The van der Waals surface area contributed by atoms with Crippen molar-refractivity contribution < 1.29 is 14.6 Å². The normalized spacial score (nSPS) is 14.9. The predicted octanol–water partition coefficient (Wildman–Crippen LogP) is 1.63. The molecule has 1 unspecified atom stereocenters. The second-order valence-electron chi connectivity index (χ2n) is 3.84. The molecule has 4 heteroatoms. The molecule has 0 aliphatic rings. The van der Waals surface area contributed by atoms with Crippen LogP contribution in [0.3, 0.4) is 0 Å². The van der Waals surface area contributed by atoms with Gasteiger partial charge in [-0.25, -0.2) is 0 Å². The minimum absolute atomic E-state index is 0.211. The third-order valence-corrected chi connectivity index (χ3v) is 2.72. The molecule has 3 N–H and O–H groups in total. The maximum atomic E-state index is 11.2. The van der Waals surface area contributed by atoms with Gasteiger partial charge >= 0.3 is 5.97 Å². The second kappa shape index (κ2) is 7.65. The molecule has 0 radical (unpaired) electrons. The summed E-state index contributed by atoms with van der Waals surface area (Å²) in [6.45, 7) is 5.42. The summed E-state index contributed by atoms with van der Waals surface area (Å²) in [6.07, 6.45) is 2.85. The zero-order valence-corrected chi connectivity index (χ0v) is 9.79. The van der Waals surface area contributed by atoms with E-state index in [2.05, 4.69) is 0 Å². The first-order valence-electron chi connectivity index (χ1n) is 5.64. The first-order chi connectivity index (χ1) is 7.13. The number of aliphatic carboxylic acids is 1. The molecule has 0 saturated heterocycles. The summed E-state index contributed by atoms with van der Waals surface area (Å²) in [7, 11) is 0. The van der Waals surface area contributed by atoms with Gasteiger partial charge in [-0.2, -0.15) is 0 Å². The summed E-state index contributed by atoms with van der Waals surface area (Å²) < 4.78 is 5.20. The lowest BCUT2D eigenvalue weighted by Gasteiger charge is -2.27. The monoisotopic (exact) mass is 217 g/mol. The summed E-state index contributed by atoms with van der Waals surface area (Å²) in [4.78, 5) is 11.2. The van der Waals surface area contributed by atoms with Crippen LogP contribution in [0.25, 0.3) is 0 Å². The van der Waals surface area contributed by atoms with E-state index in [-0.39, 0.29) is 6.54 Å².